The number of aliphatic carboxylic acids is 1. The Hall–Kier alpha value is -2.47. The summed E-state index contributed by atoms with van der Waals surface area (Å²) in [5, 5.41) is 12.3. The van der Waals surface area contributed by atoms with Gasteiger partial charge in [0.25, 0.3) is 0 Å². The van der Waals surface area contributed by atoms with Gasteiger partial charge in [0.05, 0.1) is 12.8 Å². The molecule has 21 heavy (non-hydrogen) atoms. The van der Waals surface area contributed by atoms with Gasteiger partial charge in [0, 0.05) is 0 Å². The molecule has 0 amide bonds. The van der Waals surface area contributed by atoms with E-state index in [4.69, 9.17) is 13.9 Å². The smallest absolute Gasteiger partial charge is 0.325 e. The van der Waals surface area contributed by atoms with Crippen LogP contribution in [0.3, 0.4) is 0 Å². The fourth-order valence-electron chi connectivity index (χ4n) is 2.20. The Morgan fingerprint density at radius 1 is 1.24 bits per heavy atom. The van der Waals surface area contributed by atoms with Crippen LogP contribution in [0.5, 0.6) is 11.5 Å². The quantitative estimate of drug-likeness (QED) is 0.876. The van der Waals surface area contributed by atoms with Crippen molar-refractivity contribution < 1.29 is 23.8 Å². The monoisotopic (exact) mass is 289 g/mol. The highest BCUT2D eigenvalue weighted by atomic mass is 16.6. The predicted molar refractivity (Wildman–Crippen MR) is 73.4 cm³/mol. The molecule has 0 radical (unpaired) electrons. The molecule has 2 heterocycles. The third kappa shape index (κ3) is 3.00. The van der Waals surface area contributed by atoms with Crippen molar-refractivity contribution in [2.24, 2.45) is 0 Å². The molecule has 110 valence electrons. The lowest BCUT2D eigenvalue weighted by molar-refractivity contribution is -0.139. The second-order valence-corrected chi connectivity index (χ2v) is 4.63. The number of carboxylic acids is 1. The van der Waals surface area contributed by atoms with Crippen molar-refractivity contribution >= 4 is 5.97 Å². The van der Waals surface area contributed by atoms with Crippen molar-refractivity contribution in [2.45, 2.75) is 12.6 Å². The molecule has 1 atom stereocenters. The number of carboxylic acid groups (broad SMARTS) is 1. The lowest BCUT2D eigenvalue weighted by Gasteiger charge is -2.21. The summed E-state index contributed by atoms with van der Waals surface area (Å²) in [5.41, 5.74) is 0.610. The minimum Gasteiger partial charge on any atom is -0.486 e. The standard InChI is InChI=1S/C15H15NO5/c17-15(18)14(16-9-11-2-1-5-19-11)10-3-4-12-13(8-10)21-7-6-20-12/h1-5,8,14,16H,6-7,9H2,(H,17,18). The van der Waals surface area contributed by atoms with E-state index in [0.29, 0.717) is 42.6 Å². The molecule has 1 aliphatic rings. The summed E-state index contributed by atoms with van der Waals surface area (Å²) in [6.45, 7) is 1.30. The van der Waals surface area contributed by atoms with Gasteiger partial charge in [-0.1, -0.05) is 6.07 Å². The zero-order chi connectivity index (χ0) is 14.7. The van der Waals surface area contributed by atoms with Crippen LogP contribution in [0.25, 0.3) is 0 Å². The highest BCUT2D eigenvalue weighted by Crippen LogP contribution is 2.32. The van der Waals surface area contributed by atoms with Crippen LogP contribution in [-0.4, -0.2) is 24.3 Å². The predicted octanol–water partition coefficient (Wildman–Crippen LogP) is 1.97. The van der Waals surface area contributed by atoms with Crippen molar-refractivity contribution in [3.8, 4) is 11.5 Å². The van der Waals surface area contributed by atoms with Gasteiger partial charge in [0.1, 0.15) is 25.0 Å². The molecule has 1 unspecified atom stereocenters. The Morgan fingerprint density at radius 2 is 2.05 bits per heavy atom. The molecule has 0 spiro atoms. The topological polar surface area (TPSA) is 80.9 Å². The summed E-state index contributed by atoms with van der Waals surface area (Å²) in [4.78, 5) is 11.5. The van der Waals surface area contributed by atoms with E-state index >= 15 is 0 Å². The molecular weight excluding hydrogens is 274 g/mol. The van der Waals surface area contributed by atoms with Gasteiger partial charge in [0.2, 0.25) is 0 Å². The van der Waals surface area contributed by atoms with Crippen LogP contribution < -0.4 is 14.8 Å². The second kappa shape index (κ2) is 5.88. The van der Waals surface area contributed by atoms with Gasteiger partial charge in [-0.15, -0.1) is 0 Å². The minimum atomic E-state index is -0.960. The number of rotatable bonds is 5. The van der Waals surface area contributed by atoms with Crippen LogP contribution in [0.4, 0.5) is 0 Å². The Bertz CT molecular complexity index is 623. The molecule has 0 aliphatic carbocycles. The van der Waals surface area contributed by atoms with Gasteiger partial charge in [-0.05, 0) is 29.8 Å². The molecule has 2 N–H and O–H groups in total. The number of ether oxygens (including phenoxy) is 2. The van der Waals surface area contributed by atoms with Crippen molar-refractivity contribution in [1.82, 2.24) is 5.32 Å². The number of hydrogen-bond acceptors (Lipinski definition) is 5. The molecule has 1 aliphatic heterocycles. The Labute approximate surface area is 121 Å². The molecule has 6 heteroatoms. The zero-order valence-corrected chi connectivity index (χ0v) is 11.2. The lowest BCUT2D eigenvalue weighted by Crippen LogP contribution is -2.28. The maximum atomic E-state index is 11.5. The van der Waals surface area contributed by atoms with E-state index < -0.39 is 12.0 Å². The molecule has 3 rings (SSSR count). The highest BCUT2D eigenvalue weighted by molar-refractivity contribution is 5.76. The first-order chi connectivity index (χ1) is 10.2. The van der Waals surface area contributed by atoms with Crippen LogP contribution in [0, 0.1) is 0 Å². The van der Waals surface area contributed by atoms with Crippen LogP contribution >= 0.6 is 0 Å². The fraction of sp³-hybridized carbons (Fsp3) is 0.267. The van der Waals surface area contributed by atoms with E-state index in [2.05, 4.69) is 5.32 Å². The molecule has 2 aromatic rings. The van der Waals surface area contributed by atoms with Crippen molar-refractivity contribution in [2.75, 3.05) is 13.2 Å². The summed E-state index contributed by atoms with van der Waals surface area (Å²) in [5.74, 6) is 0.932. The molecule has 1 aromatic carbocycles. The molecule has 0 fully saturated rings. The number of hydrogen-bond donors (Lipinski definition) is 2. The molecule has 6 nitrogen and oxygen atoms in total. The normalized spacial score (nSPS) is 14.7. The van der Waals surface area contributed by atoms with E-state index in [1.54, 1.807) is 36.6 Å². The SMILES string of the molecule is O=C(O)C(NCc1ccco1)c1ccc2c(c1)OCCO2. The molecule has 0 bridgehead atoms. The first-order valence-corrected chi connectivity index (χ1v) is 6.62. The summed E-state index contributed by atoms with van der Waals surface area (Å²) in [7, 11) is 0. The minimum absolute atomic E-state index is 0.332. The number of nitrogens with one attached hydrogen (secondary N) is 1. The van der Waals surface area contributed by atoms with Crippen LogP contribution in [0.15, 0.2) is 41.0 Å². The third-order valence-corrected chi connectivity index (χ3v) is 3.21. The van der Waals surface area contributed by atoms with Crippen molar-refractivity contribution in [3.63, 3.8) is 0 Å². The Morgan fingerprint density at radius 3 is 2.76 bits per heavy atom. The first-order valence-electron chi connectivity index (χ1n) is 6.62. The van der Waals surface area contributed by atoms with Crippen LogP contribution in [0.2, 0.25) is 0 Å². The Balaban J connectivity index is 1.78. The summed E-state index contributed by atoms with van der Waals surface area (Å²) >= 11 is 0. The Kier molecular flexibility index (Phi) is 3.79. The van der Waals surface area contributed by atoms with Crippen LogP contribution in [-0.2, 0) is 11.3 Å². The maximum absolute atomic E-state index is 11.5. The summed E-state index contributed by atoms with van der Waals surface area (Å²) in [6.07, 6.45) is 1.55. The average Bonchev–Trinajstić information content (AvgIpc) is 3.00. The van der Waals surface area contributed by atoms with E-state index in [9.17, 15) is 9.90 Å². The van der Waals surface area contributed by atoms with Crippen molar-refractivity contribution in [1.29, 1.82) is 0 Å². The van der Waals surface area contributed by atoms with Crippen LogP contribution in [0.1, 0.15) is 17.4 Å². The number of benzene rings is 1. The maximum Gasteiger partial charge on any atom is 0.325 e. The molecular formula is C15H15NO5. The zero-order valence-electron chi connectivity index (χ0n) is 11.2. The van der Waals surface area contributed by atoms with Crippen molar-refractivity contribution in [3.05, 3.63) is 47.9 Å². The number of fused-ring (bicyclic) bond motifs is 1. The lowest BCUT2D eigenvalue weighted by atomic mass is 10.1. The average molecular weight is 289 g/mol. The van der Waals surface area contributed by atoms with E-state index in [-0.39, 0.29) is 0 Å². The van der Waals surface area contributed by atoms with Gasteiger partial charge in [-0.25, -0.2) is 0 Å². The van der Waals surface area contributed by atoms with E-state index in [1.807, 2.05) is 0 Å². The van der Waals surface area contributed by atoms with Gasteiger partial charge in [0.15, 0.2) is 11.5 Å². The summed E-state index contributed by atoms with van der Waals surface area (Å²) in [6, 6.07) is 7.86. The van der Waals surface area contributed by atoms with Gasteiger partial charge in [-0.2, -0.15) is 0 Å². The fourth-order valence-corrected chi connectivity index (χ4v) is 2.20. The molecule has 0 saturated carbocycles. The number of carbonyl (C=O) groups is 1. The highest BCUT2D eigenvalue weighted by Gasteiger charge is 2.22. The molecule has 1 aromatic heterocycles. The number of furan rings is 1. The van der Waals surface area contributed by atoms with E-state index in [1.165, 1.54) is 0 Å². The second-order valence-electron chi connectivity index (χ2n) is 4.63. The van der Waals surface area contributed by atoms with Gasteiger partial charge < -0.3 is 19.0 Å². The summed E-state index contributed by atoms with van der Waals surface area (Å²) < 4.78 is 16.1. The van der Waals surface area contributed by atoms with Gasteiger partial charge >= 0.3 is 5.97 Å². The van der Waals surface area contributed by atoms with Gasteiger partial charge in [-0.3, -0.25) is 10.1 Å². The molecule has 0 saturated heterocycles. The first kappa shape index (κ1) is 13.5. The largest absolute Gasteiger partial charge is 0.486 e. The third-order valence-electron chi connectivity index (χ3n) is 3.21. The van der Waals surface area contributed by atoms with E-state index in [0.717, 1.165) is 0 Å².